The molecule has 0 atom stereocenters. The molecule has 0 radical (unpaired) electrons. The van der Waals surface area contributed by atoms with Gasteiger partial charge < -0.3 is 5.32 Å². The van der Waals surface area contributed by atoms with E-state index in [9.17, 15) is 4.79 Å². The summed E-state index contributed by atoms with van der Waals surface area (Å²) in [7, 11) is 0. The number of aromatic nitrogens is 3. The van der Waals surface area contributed by atoms with Crippen LogP contribution >= 0.6 is 17.0 Å². The first-order chi connectivity index (χ1) is 10.7. The average molecular weight is 371 g/mol. The summed E-state index contributed by atoms with van der Waals surface area (Å²) in [5.74, 6) is 0.285. The molecule has 5 nitrogen and oxygen atoms in total. The van der Waals surface area contributed by atoms with Gasteiger partial charge in [0, 0.05) is 41.6 Å². The van der Waals surface area contributed by atoms with Gasteiger partial charge in [-0.25, -0.2) is 4.98 Å². The number of pyridine rings is 3. The molecular formula is C17H15BrN4O. The van der Waals surface area contributed by atoms with Gasteiger partial charge >= 0.3 is 0 Å². The lowest BCUT2D eigenvalue weighted by Crippen LogP contribution is -2.13. The van der Waals surface area contributed by atoms with E-state index in [0.29, 0.717) is 11.4 Å². The van der Waals surface area contributed by atoms with Gasteiger partial charge in [0.15, 0.2) is 0 Å². The van der Waals surface area contributed by atoms with E-state index in [1.807, 2.05) is 31.2 Å². The van der Waals surface area contributed by atoms with Crippen LogP contribution in [0, 0.1) is 6.92 Å². The van der Waals surface area contributed by atoms with Crippen molar-refractivity contribution in [1.82, 2.24) is 15.0 Å². The Hall–Kier alpha value is -2.60. The quantitative estimate of drug-likeness (QED) is 0.763. The molecule has 0 aromatic carbocycles. The van der Waals surface area contributed by atoms with Crippen LogP contribution in [-0.4, -0.2) is 20.9 Å². The fraction of sp³-hybridized carbons (Fsp3) is 0.0588. The van der Waals surface area contributed by atoms with Gasteiger partial charge in [-0.15, -0.1) is 17.0 Å². The number of carbonyl (C=O) groups is 1. The van der Waals surface area contributed by atoms with E-state index < -0.39 is 0 Å². The van der Waals surface area contributed by atoms with Gasteiger partial charge in [-0.2, -0.15) is 0 Å². The molecule has 0 unspecified atom stereocenters. The van der Waals surface area contributed by atoms with Crippen molar-refractivity contribution in [3.05, 3.63) is 72.4 Å². The molecule has 3 heterocycles. The second kappa shape index (κ2) is 7.60. The number of hydrogen-bond acceptors (Lipinski definition) is 4. The first kappa shape index (κ1) is 16.8. The highest BCUT2D eigenvalue weighted by Crippen LogP contribution is 2.18. The largest absolute Gasteiger partial charge is 0.307 e. The molecule has 3 rings (SSSR count). The van der Waals surface area contributed by atoms with Crippen LogP contribution in [-0.2, 0) is 0 Å². The fourth-order valence-corrected chi connectivity index (χ4v) is 2.06. The monoisotopic (exact) mass is 370 g/mol. The van der Waals surface area contributed by atoms with E-state index in [4.69, 9.17) is 0 Å². The molecule has 0 fully saturated rings. The van der Waals surface area contributed by atoms with Gasteiger partial charge in [-0.3, -0.25) is 14.8 Å². The minimum absolute atomic E-state index is 0. The summed E-state index contributed by atoms with van der Waals surface area (Å²) < 4.78 is 0. The van der Waals surface area contributed by atoms with Crippen molar-refractivity contribution in [1.29, 1.82) is 0 Å². The van der Waals surface area contributed by atoms with E-state index in [1.54, 1.807) is 30.7 Å². The zero-order valence-corrected chi connectivity index (χ0v) is 14.1. The van der Waals surface area contributed by atoms with E-state index >= 15 is 0 Å². The highest BCUT2D eigenvalue weighted by molar-refractivity contribution is 8.93. The lowest BCUT2D eigenvalue weighted by atomic mass is 10.1. The highest BCUT2D eigenvalue weighted by Gasteiger charge is 2.09. The third-order valence-electron chi connectivity index (χ3n) is 3.13. The Kier molecular flexibility index (Phi) is 5.54. The SMILES string of the molecule is Br.Cc1cccc(NC(=O)c2cncc(-c3cccnc3)c2)n1. The highest BCUT2D eigenvalue weighted by atomic mass is 79.9. The molecule has 3 aromatic rings. The Balaban J connectivity index is 0.00000192. The number of nitrogens with zero attached hydrogens (tertiary/aromatic N) is 3. The normalized spacial score (nSPS) is 9.78. The predicted molar refractivity (Wildman–Crippen MR) is 94.7 cm³/mol. The summed E-state index contributed by atoms with van der Waals surface area (Å²) >= 11 is 0. The first-order valence-corrected chi connectivity index (χ1v) is 6.83. The van der Waals surface area contributed by atoms with Gasteiger partial charge in [0.1, 0.15) is 5.82 Å². The summed E-state index contributed by atoms with van der Waals surface area (Å²) in [6, 6.07) is 11.0. The first-order valence-electron chi connectivity index (χ1n) is 6.83. The number of nitrogens with one attached hydrogen (secondary N) is 1. The summed E-state index contributed by atoms with van der Waals surface area (Å²) in [5, 5.41) is 2.77. The minimum atomic E-state index is -0.239. The fourth-order valence-electron chi connectivity index (χ4n) is 2.06. The molecule has 0 aliphatic heterocycles. The molecule has 0 bridgehead atoms. The molecule has 0 aliphatic carbocycles. The molecule has 1 amide bonds. The third kappa shape index (κ3) is 4.20. The Morgan fingerprint density at radius 2 is 1.83 bits per heavy atom. The molecule has 1 N–H and O–H groups in total. The van der Waals surface area contributed by atoms with Crippen molar-refractivity contribution in [2.75, 3.05) is 5.32 Å². The van der Waals surface area contributed by atoms with Crippen molar-refractivity contribution in [2.24, 2.45) is 0 Å². The zero-order chi connectivity index (χ0) is 15.4. The predicted octanol–water partition coefficient (Wildman–Crippen LogP) is 3.68. The molecular weight excluding hydrogens is 356 g/mol. The number of amides is 1. The molecule has 0 spiro atoms. The van der Waals surface area contributed by atoms with Gasteiger partial charge in [0.25, 0.3) is 5.91 Å². The number of hydrogen-bond donors (Lipinski definition) is 1. The maximum atomic E-state index is 12.3. The minimum Gasteiger partial charge on any atom is -0.307 e. The molecule has 0 saturated carbocycles. The van der Waals surface area contributed by atoms with Gasteiger partial charge in [0.2, 0.25) is 0 Å². The van der Waals surface area contributed by atoms with Crippen LogP contribution in [0.4, 0.5) is 5.82 Å². The summed E-state index contributed by atoms with van der Waals surface area (Å²) in [4.78, 5) is 24.8. The summed E-state index contributed by atoms with van der Waals surface area (Å²) in [5.41, 5.74) is 3.08. The lowest BCUT2D eigenvalue weighted by Gasteiger charge is -2.06. The Labute approximate surface area is 144 Å². The average Bonchev–Trinajstić information content (AvgIpc) is 2.56. The molecule has 23 heavy (non-hydrogen) atoms. The molecule has 116 valence electrons. The second-order valence-electron chi connectivity index (χ2n) is 4.82. The number of aryl methyl sites for hydroxylation is 1. The Bertz CT molecular complexity index is 808. The number of anilines is 1. The second-order valence-corrected chi connectivity index (χ2v) is 4.82. The van der Waals surface area contributed by atoms with E-state index in [2.05, 4.69) is 20.3 Å². The molecule has 0 saturated heterocycles. The van der Waals surface area contributed by atoms with Crippen molar-refractivity contribution >= 4 is 28.7 Å². The van der Waals surface area contributed by atoms with Crippen molar-refractivity contribution < 1.29 is 4.79 Å². The topological polar surface area (TPSA) is 67.8 Å². The maximum Gasteiger partial charge on any atom is 0.258 e. The van der Waals surface area contributed by atoms with Crippen LogP contribution in [0.5, 0.6) is 0 Å². The van der Waals surface area contributed by atoms with Gasteiger partial charge in [-0.05, 0) is 31.2 Å². The van der Waals surface area contributed by atoms with E-state index in [0.717, 1.165) is 16.8 Å². The van der Waals surface area contributed by atoms with Gasteiger partial charge in [0.05, 0.1) is 5.56 Å². The smallest absolute Gasteiger partial charge is 0.258 e. The molecule has 0 aliphatic rings. The van der Waals surface area contributed by atoms with Crippen LogP contribution < -0.4 is 5.32 Å². The maximum absolute atomic E-state index is 12.3. The standard InChI is InChI=1S/C17H14N4O.BrH/c1-12-4-2-6-16(20-12)21-17(22)15-8-14(10-19-11-15)13-5-3-7-18-9-13;/h2-11H,1H3,(H,20,21,22);1H. The lowest BCUT2D eigenvalue weighted by molar-refractivity contribution is 0.102. The summed E-state index contributed by atoms with van der Waals surface area (Å²) in [6.45, 7) is 1.88. The van der Waals surface area contributed by atoms with Crippen LogP contribution in [0.3, 0.4) is 0 Å². The van der Waals surface area contributed by atoms with Crippen LogP contribution in [0.25, 0.3) is 11.1 Å². The van der Waals surface area contributed by atoms with Crippen LogP contribution in [0.1, 0.15) is 16.1 Å². The number of halogens is 1. The van der Waals surface area contributed by atoms with Crippen molar-refractivity contribution in [2.45, 2.75) is 6.92 Å². The van der Waals surface area contributed by atoms with Crippen LogP contribution in [0.2, 0.25) is 0 Å². The Morgan fingerprint density at radius 3 is 2.57 bits per heavy atom. The Morgan fingerprint density at radius 1 is 1.00 bits per heavy atom. The van der Waals surface area contributed by atoms with E-state index in [1.165, 1.54) is 6.20 Å². The van der Waals surface area contributed by atoms with Gasteiger partial charge in [-0.1, -0.05) is 12.1 Å². The number of rotatable bonds is 3. The van der Waals surface area contributed by atoms with Crippen LogP contribution in [0.15, 0.2) is 61.2 Å². The van der Waals surface area contributed by atoms with Crippen molar-refractivity contribution in [3.63, 3.8) is 0 Å². The summed E-state index contributed by atoms with van der Waals surface area (Å²) in [6.07, 6.45) is 6.68. The third-order valence-corrected chi connectivity index (χ3v) is 3.13. The zero-order valence-electron chi connectivity index (χ0n) is 12.4. The van der Waals surface area contributed by atoms with Crippen molar-refractivity contribution in [3.8, 4) is 11.1 Å². The molecule has 6 heteroatoms. The number of carbonyl (C=O) groups excluding carboxylic acids is 1. The molecule has 3 aromatic heterocycles. The van der Waals surface area contributed by atoms with E-state index in [-0.39, 0.29) is 22.9 Å².